The third-order valence-corrected chi connectivity index (χ3v) is 3.61. The van der Waals surface area contributed by atoms with Crippen LogP contribution in [0.1, 0.15) is 42.9 Å². The van der Waals surface area contributed by atoms with Gasteiger partial charge in [0.05, 0.1) is 17.0 Å². The van der Waals surface area contributed by atoms with Crippen molar-refractivity contribution in [2.24, 2.45) is 0 Å². The summed E-state index contributed by atoms with van der Waals surface area (Å²) in [6.45, 7) is 7.64. The summed E-state index contributed by atoms with van der Waals surface area (Å²) in [4.78, 5) is 12.2. The molecule has 1 aromatic rings. The van der Waals surface area contributed by atoms with Crippen LogP contribution in [0.3, 0.4) is 0 Å². The zero-order valence-electron chi connectivity index (χ0n) is 11.8. The number of aromatic nitrogens is 2. The van der Waals surface area contributed by atoms with Gasteiger partial charge in [-0.3, -0.25) is 9.48 Å². The molecule has 1 aliphatic rings. The minimum Gasteiger partial charge on any atom is -0.395 e. The molecule has 0 spiro atoms. The van der Waals surface area contributed by atoms with Crippen molar-refractivity contribution in [2.45, 2.75) is 45.8 Å². The molecule has 2 rings (SSSR count). The van der Waals surface area contributed by atoms with Crippen LogP contribution in [0.15, 0.2) is 0 Å². The fourth-order valence-electron chi connectivity index (χ4n) is 2.39. The van der Waals surface area contributed by atoms with Gasteiger partial charge in [-0.05, 0) is 33.6 Å². The van der Waals surface area contributed by atoms with Crippen molar-refractivity contribution < 1.29 is 9.53 Å². The van der Waals surface area contributed by atoms with Crippen LogP contribution in [0.5, 0.6) is 0 Å². The summed E-state index contributed by atoms with van der Waals surface area (Å²) in [6.07, 6.45) is 2.01. The molecule has 1 aromatic heterocycles. The Morgan fingerprint density at radius 3 is 2.95 bits per heavy atom. The summed E-state index contributed by atoms with van der Waals surface area (Å²) in [5.74, 6) is -0.184. The SMILES string of the molecule is CCn1nc(C)c(N)c1C(=O)NCC1(C)CCCO1. The third-order valence-electron chi connectivity index (χ3n) is 3.61. The molecule has 1 saturated heterocycles. The highest BCUT2D eigenvalue weighted by atomic mass is 16.5. The second kappa shape index (κ2) is 5.21. The van der Waals surface area contributed by atoms with Crippen molar-refractivity contribution in [3.63, 3.8) is 0 Å². The summed E-state index contributed by atoms with van der Waals surface area (Å²) < 4.78 is 7.29. The van der Waals surface area contributed by atoms with Crippen molar-refractivity contribution in [1.82, 2.24) is 15.1 Å². The Kier molecular flexibility index (Phi) is 3.80. The lowest BCUT2D eigenvalue weighted by atomic mass is 10.0. The van der Waals surface area contributed by atoms with E-state index < -0.39 is 0 Å². The van der Waals surface area contributed by atoms with Crippen LogP contribution >= 0.6 is 0 Å². The molecule has 1 unspecified atom stereocenters. The van der Waals surface area contributed by atoms with Gasteiger partial charge in [0, 0.05) is 19.7 Å². The summed E-state index contributed by atoms with van der Waals surface area (Å²) in [5, 5.41) is 7.15. The number of ether oxygens (including phenoxy) is 1. The minimum atomic E-state index is -0.253. The fourth-order valence-corrected chi connectivity index (χ4v) is 2.39. The number of anilines is 1. The van der Waals surface area contributed by atoms with Crippen LogP contribution in [0.25, 0.3) is 0 Å². The molecule has 1 amide bonds. The molecular formula is C13H22N4O2. The normalized spacial score (nSPS) is 22.7. The Morgan fingerprint density at radius 2 is 2.37 bits per heavy atom. The number of hydrogen-bond donors (Lipinski definition) is 2. The van der Waals surface area contributed by atoms with Crippen LogP contribution in [-0.2, 0) is 11.3 Å². The van der Waals surface area contributed by atoms with E-state index in [4.69, 9.17) is 10.5 Å². The maximum absolute atomic E-state index is 12.2. The van der Waals surface area contributed by atoms with Crippen LogP contribution in [0.4, 0.5) is 5.69 Å². The number of aryl methyl sites for hydroxylation is 2. The third kappa shape index (κ3) is 2.73. The van der Waals surface area contributed by atoms with E-state index in [1.165, 1.54) is 0 Å². The Bertz CT molecular complexity index is 475. The number of nitrogen functional groups attached to an aromatic ring is 1. The number of nitrogens with zero attached hydrogens (tertiary/aromatic N) is 2. The van der Waals surface area contributed by atoms with E-state index in [0.29, 0.717) is 30.2 Å². The Labute approximate surface area is 113 Å². The predicted octanol–water partition coefficient (Wildman–Crippen LogP) is 1.09. The van der Waals surface area contributed by atoms with Crippen molar-refractivity contribution in [3.8, 4) is 0 Å². The molecular weight excluding hydrogens is 244 g/mol. The molecule has 1 atom stereocenters. The average molecular weight is 266 g/mol. The lowest BCUT2D eigenvalue weighted by molar-refractivity contribution is 0.0205. The number of carbonyl (C=O) groups is 1. The molecule has 1 fully saturated rings. The van der Waals surface area contributed by atoms with E-state index in [1.54, 1.807) is 11.6 Å². The molecule has 19 heavy (non-hydrogen) atoms. The highest BCUT2D eigenvalue weighted by Gasteiger charge is 2.31. The van der Waals surface area contributed by atoms with Gasteiger partial charge in [0.2, 0.25) is 0 Å². The smallest absolute Gasteiger partial charge is 0.271 e. The second-order valence-corrected chi connectivity index (χ2v) is 5.25. The van der Waals surface area contributed by atoms with Crippen molar-refractivity contribution in [3.05, 3.63) is 11.4 Å². The summed E-state index contributed by atoms with van der Waals surface area (Å²) in [5.41, 5.74) is 7.26. The number of nitrogens with two attached hydrogens (primary N) is 1. The minimum absolute atomic E-state index is 0.184. The lowest BCUT2D eigenvalue weighted by Gasteiger charge is -2.23. The van der Waals surface area contributed by atoms with Gasteiger partial charge in [0.25, 0.3) is 5.91 Å². The molecule has 6 heteroatoms. The Morgan fingerprint density at radius 1 is 1.63 bits per heavy atom. The molecule has 106 valence electrons. The van der Waals surface area contributed by atoms with E-state index in [-0.39, 0.29) is 11.5 Å². The average Bonchev–Trinajstić information content (AvgIpc) is 2.93. The zero-order chi connectivity index (χ0) is 14.0. The first-order valence-corrected chi connectivity index (χ1v) is 6.72. The van der Waals surface area contributed by atoms with Crippen molar-refractivity contribution >= 4 is 11.6 Å². The van der Waals surface area contributed by atoms with Crippen molar-refractivity contribution in [1.29, 1.82) is 0 Å². The van der Waals surface area contributed by atoms with Crippen LogP contribution in [0.2, 0.25) is 0 Å². The molecule has 3 N–H and O–H groups in total. The van der Waals surface area contributed by atoms with Crippen molar-refractivity contribution in [2.75, 3.05) is 18.9 Å². The Balaban J connectivity index is 2.07. The van der Waals surface area contributed by atoms with Gasteiger partial charge >= 0.3 is 0 Å². The molecule has 6 nitrogen and oxygen atoms in total. The zero-order valence-corrected chi connectivity index (χ0v) is 11.8. The maximum Gasteiger partial charge on any atom is 0.271 e. The van der Waals surface area contributed by atoms with E-state index in [1.807, 2.05) is 13.8 Å². The van der Waals surface area contributed by atoms with E-state index in [9.17, 15) is 4.79 Å². The highest BCUT2D eigenvalue weighted by molar-refractivity contribution is 5.98. The number of hydrogen-bond acceptors (Lipinski definition) is 4. The number of carbonyl (C=O) groups excluding carboxylic acids is 1. The predicted molar refractivity (Wildman–Crippen MR) is 73.0 cm³/mol. The molecule has 0 bridgehead atoms. The largest absolute Gasteiger partial charge is 0.395 e. The van der Waals surface area contributed by atoms with E-state index >= 15 is 0 Å². The standard InChI is InChI=1S/C13H22N4O2/c1-4-17-11(10(14)9(2)16-17)12(18)15-8-13(3)6-5-7-19-13/h4-8,14H2,1-3H3,(H,15,18). The lowest BCUT2D eigenvalue weighted by Crippen LogP contribution is -2.40. The van der Waals surface area contributed by atoms with E-state index in [2.05, 4.69) is 10.4 Å². The van der Waals surface area contributed by atoms with Gasteiger partial charge in [-0.25, -0.2) is 0 Å². The molecule has 0 aromatic carbocycles. The number of amides is 1. The molecule has 2 heterocycles. The van der Waals surface area contributed by atoms with Gasteiger partial charge in [-0.15, -0.1) is 0 Å². The monoisotopic (exact) mass is 266 g/mol. The van der Waals surface area contributed by atoms with Crippen LogP contribution in [0, 0.1) is 6.92 Å². The van der Waals surface area contributed by atoms with Gasteiger partial charge in [-0.2, -0.15) is 5.10 Å². The quantitative estimate of drug-likeness (QED) is 0.854. The van der Waals surface area contributed by atoms with Gasteiger partial charge in [-0.1, -0.05) is 0 Å². The number of rotatable bonds is 4. The molecule has 1 aliphatic heterocycles. The van der Waals surface area contributed by atoms with Crippen LogP contribution in [-0.4, -0.2) is 34.4 Å². The first kappa shape index (κ1) is 13.9. The summed E-state index contributed by atoms with van der Waals surface area (Å²) in [6, 6.07) is 0. The molecule has 0 saturated carbocycles. The Hall–Kier alpha value is -1.56. The molecule has 0 radical (unpaired) electrons. The highest BCUT2D eigenvalue weighted by Crippen LogP contribution is 2.24. The second-order valence-electron chi connectivity index (χ2n) is 5.25. The van der Waals surface area contributed by atoms with Crippen LogP contribution < -0.4 is 11.1 Å². The summed E-state index contributed by atoms with van der Waals surface area (Å²) in [7, 11) is 0. The first-order valence-electron chi connectivity index (χ1n) is 6.72. The topological polar surface area (TPSA) is 82.2 Å². The van der Waals surface area contributed by atoms with Gasteiger partial charge in [0.15, 0.2) is 0 Å². The first-order chi connectivity index (χ1) is 8.97. The van der Waals surface area contributed by atoms with Gasteiger partial charge in [0.1, 0.15) is 5.69 Å². The van der Waals surface area contributed by atoms with E-state index in [0.717, 1.165) is 19.4 Å². The summed E-state index contributed by atoms with van der Waals surface area (Å²) >= 11 is 0. The van der Waals surface area contributed by atoms with Gasteiger partial charge < -0.3 is 15.8 Å². The molecule has 0 aliphatic carbocycles. The fraction of sp³-hybridized carbons (Fsp3) is 0.692. The maximum atomic E-state index is 12.2. The number of nitrogens with one attached hydrogen (secondary N) is 1.